The standard InChI is InChI=1S/C17H17BrFN5O/c1-11-12(10-23(3)21-11)9-22(2)16(25)15-8-20-17(18)24(15)14-6-4-13(19)5-7-14/h4-8,10H,9H2,1-3H3. The number of aryl methyl sites for hydroxylation is 2. The van der Waals surface area contributed by atoms with Crippen LogP contribution in [0, 0.1) is 12.7 Å². The van der Waals surface area contributed by atoms with E-state index in [4.69, 9.17) is 0 Å². The van der Waals surface area contributed by atoms with Crippen molar-refractivity contribution in [2.75, 3.05) is 7.05 Å². The van der Waals surface area contributed by atoms with Crippen molar-refractivity contribution < 1.29 is 9.18 Å². The van der Waals surface area contributed by atoms with Crippen molar-refractivity contribution in [1.29, 1.82) is 0 Å². The lowest BCUT2D eigenvalue weighted by molar-refractivity contribution is 0.0777. The van der Waals surface area contributed by atoms with Crippen molar-refractivity contribution in [3.05, 3.63) is 64.2 Å². The molecule has 0 saturated heterocycles. The zero-order chi connectivity index (χ0) is 18.1. The van der Waals surface area contributed by atoms with Gasteiger partial charge in [0.1, 0.15) is 11.5 Å². The van der Waals surface area contributed by atoms with Crippen LogP contribution >= 0.6 is 15.9 Å². The van der Waals surface area contributed by atoms with Crippen LogP contribution in [-0.4, -0.2) is 37.2 Å². The van der Waals surface area contributed by atoms with Gasteiger partial charge < -0.3 is 4.90 Å². The molecule has 0 radical (unpaired) electrons. The highest BCUT2D eigenvalue weighted by molar-refractivity contribution is 9.10. The number of carbonyl (C=O) groups is 1. The molecule has 25 heavy (non-hydrogen) atoms. The number of rotatable bonds is 4. The third kappa shape index (κ3) is 3.48. The van der Waals surface area contributed by atoms with Crippen molar-refractivity contribution in [3.63, 3.8) is 0 Å². The smallest absolute Gasteiger partial charge is 0.272 e. The number of imidazole rings is 1. The van der Waals surface area contributed by atoms with E-state index in [1.807, 2.05) is 20.2 Å². The fourth-order valence-corrected chi connectivity index (χ4v) is 3.14. The fourth-order valence-electron chi connectivity index (χ4n) is 2.64. The highest BCUT2D eigenvalue weighted by Gasteiger charge is 2.21. The molecule has 8 heteroatoms. The Morgan fingerprint density at radius 3 is 2.60 bits per heavy atom. The van der Waals surface area contributed by atoms with Crippen LogP contribution in [0.25, 0.3) is 5.69 Å². The second-order valence-electron chi connectivity index (χ2n) is 5.80. The van der Waals surface area contributed by atoms with Gasteiger partial charge in [0, 0.05) is 38.1 Å². The summed E-state index contributed by atoms with van der Waals surface area (Å²) in [7, 11) is 3.57. The van der Waals surface area contributed by atoms with Gasteiger partial charge in [-0.15, -0.1) is 0 Å². The summed E-state index contributed by atoms with van der Waals surface area (Å²) in [6.45, 7) is 2.34. The van der Waals surface area contributed by atoms with Gasteiger partial charge in [0.2, 0.25) is 0 Å². The number of benzene rings is 1. The van der Waals surface area contributed by atoms with Crippen LogP contribution in [-0.2, 0) is 13.6 Å². The molecule has 0 atom stereocenters. The predicted molar refractivity (Wildman–Crippen MR) is 95.0 cm³/mol. The Bertz CT molecular complexity index is 916. The van der Waals surface area contributed by atoms with Gasteiger partial charge in [0.05, 0.1) is 11.9 Å². The van der Waals surface area contributed by atoms with Crippen molar-refractivity contribution >= 4 is 21.8 Å². The summed E-state index contributed by atoms with van der Waals surface area (Å²) in [6.07, 6.45) is 3.40. The lowest BCUT2D eigenvalue weighted by Crippen LogP contribution is -2.28. The molecule has 3 rings (SSSR count). The predicted octanol–water partition coefficient (Wildman–Crippen LogP) is 3.09. The topological polar surface area (TPSA) is 56.0 Å². The minimum atomic E-state index is -0.336. The maximum atomic E-state index is 13.2. The summed E-state index contributed by atoms with van der Waals surface area (Å²) < 4.78 is 17.0. The minimum Gasteiger partial charge on any atom is -0.336 e. The van der Waals surface area contributed by atoms with Crippen LogP contribution in [0.4, 0.5) is 4.39 Å². The Kier molecular flexibility index (Phi) is 4.71. The van der Waals surface area contributed by atoms with Crippen molar-refractivity contribution in [2.45, 2.75) is 13.5 Å². The van der Waals surface area contributed by atoms with E-state index in [-0.39, 0.29) is 11.7 Å². The van der Waals surface area contributed by atoms with E-state index < -0.39 is 0 Å². The first-order chi connectivity index (χ1) is 11.9. The van der Waals surface area contributed by atoms with Gasteiger partial charge >= 0.3 is 0 Å². The lowest BCUT2D eigenvalue weighted by atomic mass is 10.2. The second kappa shape index (κ2) is 6.79. The SMILES string of the molecule is Cc1nn(C)cc1CN(C)C(=O)c1cnc(Br)n1-c1ccc(F)cc1. The first-order valence-electron chi connectivity index (χ1n) is 7.60. The molecule has 0 unspecified atom stereocenters. The number of hydrogen-bond acceptors (Lipinski definition) is 3. The summed E-state index contributed by atoms with van der Waals surface area (Å²) in [6, 6.07) is 5.89. The molecule has 130 valence electrons. The van der Waals surface area contributed by atoms with Crippen LogP contribution in [0.3, 0.4) is 0 Å². The van der Waals surface area contributed by atoms with Crippen LogP contribution in [0.15, 0.2) is 41.4 Å². The minimum absolute atomic E-state index is 0.189. The molecule has 0 aliphatic heterocycles. The number of carbonyl (C=O) groups excluding carboxylic acids is 1. The third-order valence-electron chi connectivity index (χ3n) is 3.89. The molecule has 6 nitrogen and oxygen atoms in total. The highest BCUT2D eigenvalue weighted by Crippen LogP contribution is 2.21. The first-order valence-corrected chi connectivity index (χ1v) is 8.40. The molecule has 2 heterocycles. The van der Waals surface area contributed by atoms with Gasteiger partial charge in [-0.05, 0) is 47.1 Å². The molecule has 0 aliphatic carbocycles. The molecule has 1 aromatic carbocycles. The number of halogens is 2. The van der Waals surface area contributed by atoms with E-state index in [1.54, 1.807) is 33.3 Å². The molecule has 1 amide bonds. The third-order valence-corrected chi connectivity index (χ3v) is 4.45. The summed E-state index contributed by atoms with van der Waals surface area (Å²) in [5, 5.41) is 4.29. The van der Waals surface area contributed by atoms with E-state index in [0.29, 0.717) is 22.7 Å². The van der Waals surface area contributed by atoms with Crippen LogP contribution < -0.4 is 0 Å². The lowest BCUT2D eigenvalue weighted by Gasteiger charge is -2.18. The van der Waals surface area contributed by atoms with Crippen LogP contribution in [0.2, 0.25) is 0 Å². The molecule has 0 fully saturated rings. The van der Waals surface area contributed by atoms with Gasteiger partial charge in [0.15, 0.2) is 4.73 Å². The Hall–Kier alpha value is -2.48. The Morgan fingerprint density at radius 1 is 1.32 bits per heavy atom. The molecule has 0 aliphatic rings. The maximum absolute atomic E-state index is 13.2. The Morgan fingerprint density at radius 2 is 2.00 bits per heavy atom. The number of amides is 1. The first kappa shape index (κ1) is 17.3. The van der Waals surface area contributed by atoms with Crippen LogP contribution in [0.5, 0.6) is 0 Å². The van der Waals surface area contributed by atoms with Gasteiger partial charge in [-0.25, -0.2) is 9.37 Å². The average Bonchev–Trinajstić information content (AvgIpc) is 3.10. The van der Waals surface area contributed by atoms with E-state index in [1.165, 1.54) is 18.3 Å². The maximum Gasteiger partial charge on any atom is 0.272 e. The zero-order valence-electron chi connectivity index (χ0n) is 14.1. The molecular weight excluding hydrogens is 389 g/mol. The van der Waals surface area contributed by atoms with E-state index in [2.05, 4.69) is 26.0 Å². The number of aromatic nitrogens is 4. The Balaban J connectivity index is 1.90. The summed E-state index contributed by atoms with van der Waals surface area (Å²) in [5.41, 5.74) is 2.91. The van der Waals surface area contributed by atoms with E-state index in [9.17, 15) is 9.18 Å². The molecule has 0 bridgehead atoms. The number of hydrogen-bond donors (Lipinski definition) is 0. The van der Waals surface area contributed by atoms with Crippen molar-refractivity contribution in [1.82, 2.24) is 24.2 Å². The fraction of sp³-hybridized carbons (Fsp3) is 0.235. The Labute approximate surface area is 153 Å². The van der Waals surface area contributed by atoms with Crippen molar-refractivity contribution in [3.8, 4) is 5.69 Å². The molecular formula is C17H17BrFN5O. The molecule has 3 aromatic rings. The molecule has 2 aromatic heterocycles. The molecule has 0 N–H and O–H groups in total. The highest BCUT2D eigenvalue weighted by atomic mass is 79.9. The summed E-state index contributed by atoms with van der Waals surface area (Å²) in [4.78, 5) is 18.7. The van der Waals surface area contributed by atoms with E-state index in [0.717, 1.165) is 11.3 Å². The quantitative estimate of drug-likeness (QED) is 0.669. The molecule has 0 saturated carbocycles. The van der Waals surface area contributed by atoms with Gasteiger partial charge in [0.25, 0.3) is 5.91 Å². The van der Waals surface area contributed by atoms with Gasteiger partial charge in [-0.1, -0.05) is 0 Å². The van der Waals surface area contributed by atoms with Gasteiger partial charge in [-0.3, -0.25) is 14.0 Å². The normalized spacial score (nSPS) is 10.9. The van der Waals surface area contributed by atoms with E-state index >= 15 is 0 Å². The largest absolute Gasteiger partial charge is 0.336 e. The second-order valence-corrected chi connectivity index (χ2v) is 6.51. The number of nitrogens with zero attached hydrogens (tertiary/aromatic N) is 5. The zero-order valence-corrected chi connectivity index (χ0v) is 15.7. The summed E-state index contributed by atoms with van der Waals surface area (Å²) in [5.74, 6) is -0.525. The van der Waals surface area contributed by atoms with Crippen molar-refractivity contribution in [2.24, 2.45) is 7.05 Å². The molecule has 0 spiro atoms. The monoisotopic (exact) mass is 405 g/mol. The van der Waals surface area contributed by atoms with Crippen LogP contribution in [0.1, 0.15) is 21.7 Å². The average molecular weight is 406 g/mol. The van der Waals surface area contributed by atoms with Gasteiger partial charge in [-0.2, -0.15) is 5.10 Å². The summed E-state index contributed by atoms with van der Waals surface area (Å²) >= 11 is 3.35.